The molecular weight excluding hydrogens is 310 g/mol. The highest BCUT2D eigenvalue weighted by Crippen LogP contribution is 2.27. The minimum absolute atomic E-state index is 0.269. The number of anilines is 1. The molecule has 2 aromatic carbocycles. The highest BCUT2D eigenvalue weighted by molar-refractivity contribution is 6.30. The van der Waals surface area contributed by atoms with Crippen LogP contribution in [0.2, 0.25) is 5.02 Å². The van der Waals surface area contributed by atoms with E-state index >= 15 is 0 Å². The van der Waals surface area contributed by atoms with E-state index in [9.17, 15) is 5.11 Å². The quantitative estimate of drug-likeness (QED) is 0.802. The minimum atomic E-state index is -0.269. The monoisotopic (exact) mass is 327 g/mol. The summed E-state index contributed by atoms with van der Waals surface area (Å²) >= 11 is 6.12. The van der Waals surface area contributed by atoms with Gasteiger partial charge in [0.05, 0.1) is 23.7 Å². The summed E-state index contributed by atoms with van der Waals surface area (Å²) in [5, 5.41) is 10.6. The van der Waals surface area contributed by atoms with E-state index in [2.05, 4.69) is 21.6 Å². The summed E-state index contributed by atoms with van der Waals surface area (Å²) in [5.41, 5.74) is 3.22. The second-order valence-electron chi connectivity index (χ2n) is 6.01. The molecule has 2 heterocycles. The average Bonchev–Trinajstić information content (AvgIpc) is 3.12. The summed E-state index contributed by atoms with van der Waals surface area (Å²) in [6, 6.07) is 16.1. The topological polar surface area (TPSA) is 41.3 Å². The number of halogens is 1. The van der Waals surface area contributed by atoms with Gasteiger partial charge in [-0.2, -0.15) is 0 Å². The third-order valence-electron chi connectivity index (χ3n) is 4.31. The smallest absolute Gasteiger partial charge is 0.206 e. The highest BCUT2D eigenvalue weighted by Gasteiger charge is 2.25. The number of para-hydroxylation sites is 2. The van der Waals surface area contributed by atoms with Gasteiger partial charge >= 0.3 is 0 Å². The predicted octanol–water partition coefficient (Wildman–Crippen LogP) is 3.31. The number of hydrogen-bond donors (Lipinski definition) is 1. The van der Waals surface area contributed by atoms with Gasteiger partial charge in [-0.05, 0) is 36.2 Å². The van der Waals surface area contributed by atoms with Gasteiger partial charge in [-0.15, -0.1) is 0 Å². The number of rotatable bonds is 3. The van der Waals surface area contributed by atoms with Crippen LogP contribution < -0.4 is 4.90 Å². The van der Waals surface area contributed by atoms with Crippen molar-refractivity contribution in [1.29, 1.82) is 0 Å². The molecule has 0 radical (unpaired) electrons. The van der Waals surface area contributed by atoms with Crippen molar-refractivity contribution in [3.05, 3.63) is 59.1 Å². The van der Waals surface area contributed by atoms with Crippen LogP contribution >= 0.6 is 11.6 Å². The number of fused-ring (bicyclic) bond motifs is 1. The molecule has 0 bridgehead atoms. The Kier molecular flexibility index (Phi) is 3.71. The van der Waals surface area contributed by atoms with Gasteiger partial charge < -0.3 is 14.6 Å². The van der Waals surface area contributed by atoms with E-state index in [4.69, 9.17) is 16.6 Å². The van der Waals surface area contributed by atoms with E-state index in [-0.39, 0.29) is 6.10 Å². The summed E-state index contributed by atoms with van der Waals surface area (Å²) in [7, 11) is 0. The number of aliphatic hydroxyl groups is 1. The van der Waals surface area contributed by atoms with E-state index in [0.717, 1.165) is 40.5 Å². The standard InChI is InChI=1S/C18H18ClN3O/c19-14-5-3-4-13(10-14)11-22-17-7-2-1-6-16(17)20-18(22)21-9-8-15(23)12-21/h1-7,10,15,23H,8-9,11-12H2/t15-/m0/s1. The average molecular weight is 328 g/mol. The Morgan fingerprint density at radius 1 is 1.17 bits per heavy atom. The van der Waals surface area contributed by atoms with Gasteiger partial charge in [-0.25, -0.2) is 4.98 Å². The molecular formula is C18H18ClN3O. The maximum absolute atomic E-state index is 9.86. The summed E-state index contributed by atoms with van der Waals surface area (Å²) in [6.07, 6.45) is 0.523. The summed E-state index contributed by atoms with van der Waals surface area (Å²) < 4.78 is 2.21. The molecule has 118 valence electrons. The van der Waals surface area contributed by atoms with E-state index < -0.39 is 0 Å². The van der Waals surface area contributed by atoms with Gasteiger partial charge in [0, 0.05) is 18.1 Å². The van der Waals surface area contributed by atoms with Crippen LogP contribution in [-0.2, 0) is 6.54 Å². The van der Waals surface area contributed by atoms with Crippen molar-refractivity contribution in [2.75, 3.05) is 18.0 Å². The number of nitrogens with zero attached hydrogens (tertiary/aromatic N) is 3. The normalized spacial score (nSPS) is 18.0. The lowest BCUT2D eigenvalue weighted by Gasteiger charge is -2.19. The van der Waals surface area contributed by atoms with Gasteiger partial charge in [0.15, 0.2) is 0 Å². The Labute approximate surface area is 139 Å². The molecule has 23 heavy (non-hydrogen) atoms. The van der Waals surface area contributed by atoms with Crippen LogP contribution in [0.5, 0.6) is 0 Å². The molecule has 0 amide bonds. The van der Waals surface area contributed by atoms with E-state index in [1.807, 2.05) is 36.4 Å². The maximum Gasteiger partial charge on any atom is 0.206 e. The predicted molar refractivity (Wildman–Crippen MR) is 93.1 cm³/mol. The fourth-order valence-corrected chi connectivity index (χ4v) is 3.41. The van der Waals surface area contributed by atoms with Crippen LogP contribution in [0.4, 0.5) is 5.95 Å². The van der Waals surface area contributed by atoms with Crippen LogP contribution in [0.3, 0.4) is 0 Å². The van der Waals surface area contributed by atoms with Gasteiger partial charge in [0.1, 0.15) is 0 Å². The minimum Gasteiger partial charge on any atom is -0.391 e. The zero-order chi connectivity index (χ0) is 15.8. The third kappa shape index (κ3) is 2.80. The van der Waals surface area contributed by atoms with Crippen molar-refractivity contribution in [2.45, 2.75) is 19.1 Å². The molecule has 0 aliphatic carbocycles. The highest BCUT2D eigenvalue weighted by atomic mass is 35.5. The zero-order valence-corrected chi connectivity index (χ0v) is 13.4. The van der Waals surface area contributed by atoms with Crippen molar-refractivity contribution in [2.24, 2.45) is 0 Å². The molecule has 1 N–H and O–H groups in total. The first kappa shape index (κ1) is 14.5. The lowest BCUT2D eigenvalue weighted by atomic mass is 10.2. The molecule has 4 nitrogen and oxygen atoms in total. The van der Waals surface area contributed by atoms with Gasteiger partial charge in [-0.1, -0.05) is 35.9 Å². The van der Waals surface area contributed by atoms with Crippen molar-refractivity contribution < 1.29 is 5.11 Å². The second kappa shape index (κ2) is 5.87. The molecule has 3 aromatic rings. The lowest BCUT2D eigenvalue weighted by molar-refractivity contribution is 0.198. The number of hydrogen-bond acceptors (Lipinski definition) is 3. The molecule has 1 saturated heterocycles. The summed E-state index contributed by atoms with van der Waals surface area (Å²) in [6.45, 7) is 2.18. The zero-order valence-electron chi connectivity index (χ0n) is 12.7. The third-order valence-corrected chi connectivity index (χ3v) is 4.55. The van der Waals surface area contributed by atoms with E-state index in [1.165, 1.54) is 0 Å². The van der Waals surface area contributed by atoms with Crippen LogP contribution in [0.1, 0.15) is 12.0 Å². The first-order valence-corrected chi connectivity index (χ1v) is 8.21. The van der Waals surface area contributed by atoms with E-state index in [1.54, 1.807) is 0 Å². The summed E-state index contributed by atoms with van der Waals surface area (Å²) in [5.74, 6) is 0.919. The number of β-amino-alcohol motifs (C(OH)–C–C–N with tert-alkyl or cyclic N) is 1. The number of aliphatic hydroxyl groups excluding tert-OH is 1. The fourth-order valence-electron chi connectivity index (χ4n) is 3.20. The molecule has 1 aliphatic rings. The Bertz CT molecular complexity index is 845. The van der Waals surface area contributed by atoms with Crippen LogP contribution in [0.25, 0.3) is 11.0 Å². The van der Waals surface area contributed by atoms with Gasteiger partial charge in [-0.3, -0.25) is 0 Å². The first-order chi connectivity index (χ1) is 11.2. The largest absolute Gasteiger partial charge is 0.391 e. The van der Waals surface area contributed by atoms with Crippen molar-refractivity contribution in [1.82, 2.24) is 9.55 Å². The van der Waals surface area contributed by atoms with Crippen LogP contribution in [-0.4, -0.2) is 33.9 Å². The second-order valence-corrected chi connectivity index (χ2v) is 6.44. The Morgan fingerprint density at radius 2 is 2.04 bits per heavy atom. The fraction of sp³-hybridized carbons (Fsp3) is 0.278. The number of imidazole rings is 1. The molecule has 1 aliphatic heterocycles. The molecule has 0 saturated carbocycles. The van der Waals surface area contributed by atoms with Crippen LogP contribution in [0, 0.1) is 0 Å². The SMILES string of the molecule is O[C@H]1CCN(c2nc3ccccc3n2Cc2cccc(Cl)c2)C1. The van der Waals surface area contributed by atoms with Gasteiger partial charge in [0.2, 0.25) is 5.95 Å². The molecule has 5 heteroatoms. The molecule has 1 aromatic heterocycles. The van der Waals surface area contributed by atoms with Crippen molar-refractivity contribution in [3.63, 3.8) is 0 Å². The lowest BCUT2D eigenvalue weighted by Crippen LogP contribution is -2.25. The number of benzene rings is 2. The Morgan fingerprint density at radius 3 is 2.83 bits per heavy atom. The van der Waals surface area contributed by atoms with Crippen LogP contribution in [0.15, 0.2) is 48.5 Å². The molecule has 1 atom stereocenters. The molecule has 4 rings (SSSR count). The molecule has 1 fully saturated rings. The molecule has 0 spiro atoms. The summed E-state index contributed by atoms with van der Waals surface area (Å²) in [4.78, 5) is 6.95. The van der Waals surface area contributed by atoms with Crippen molar-refractivity contribution >= 4 is 28.6 Å². The Hall–Kier alpha value is -2.04. The van der Waals surface area contributed by atoms with Crippen molar-refractivity contribution in [3.8, 4) is 0 Å². The Balaban J connectivity index is 1.79. The van der Waals surface area contributed by atoms with E-state index in [0.29, 0.717) is 13.1 Å². The number of aromatic nitrogens is 2. The van der Waals surface area contributed by atoms with Gasteiger partial charge in [0.25, 0.3) is 0 Å². The first-order valence-electron chi connectivity index (χ1n) is 7.83. The maximum atomic E-state index is 9.86. The molecule has 0 unspecified atom stereocenters.